The Balaban J connectivity index is 1.70. The van der Waals surface area contributed by atoms with Gasteiger partial charge in [-0.2, -0.15) is 0 Å². The van der Waals surface area contributed by atoms with Gasteiger partial charge in [-0.1, -0.05) is 25.5 Å². The van der Waals surface area contributed by atoms with Gasteiger partial charge in [0.15, 0.2) is 11.5 Å². The molecule has 1 fully saturated rings. The molecule has 36 heavy (non-hydrogen) atoms. The highest BCUT2D eigenvalue weighted by atomic mass is 32.1. The molecular weight excluding hydrogens is 478 g/mol. The Morgan fingerprint density at radius 2 is 2.00 bits per heavy atom. The van der Waals surface area contributed by atoms with E-state index in [0.717, 1.165) is 36.1 Å². The highest BCUT2D eigenvalue weighted by Crippen LogP contribution is 2.28. The summed E-state index contributed by atoms with van der Waals surface area (Å²) in [5.74, 6) is 1.26. The number of hydrogen-bond donors (Lipinski definition) is 1. The van der Waals surface area contributed by atoms with Crippen molar-refractivity contribution in [3.63, 3.8) is 0 Å². The van der Waals surface area contributed by atoms with Gasteiger partial charge in [-0.15, -0.1) is 11.3 Å². The molecule has 9 heteroatoms. The van der Waals surface area contributed by atoms with Gasteiger partial charge >= 0.3 is 6.03 Å². The lowest BCUT2D eigenvalue weighted by molar-refractivity contribution is -0.132. The van der Waals surface area contributed by atoms with Crippen LogP contribution in [0.5, 0.6) is 11.5 Å². The van der Waals surface area contributed by atoms with E-state index in [9.17, 15) is 9.59 Å². The quantitative estimate of drug-likeness (QED) is 0.378. The first-order valence-electron chi connectivity index (χ1n) is 12.7. The topological polar surface area (TPSA) is 80.3 Å². The number of amides is 3. The second-order valence-electron chi connectivity index (χ2n) is 8.94. The first-order valence-corrected chi connectivity index (χ1v) is 13.6. The Kier molecular flexibility index (Phi) is 11.4. The maximum atomic E-state index is 13.6. The summed E-state index contributed by atoms with van der Waals surface area (Å²) in [5, 5.41) is 4.98. The van der Waals surface area contributed by atoms with Crippen molar-refractivity contribution >= 4 is 23.3 Å². The number of rotatable bonds is 14. The van der Waals surface area contributed by atoms with Crippen LogP contribution in [0.2, 0.25) is 0 Å². The average Bonchev–Trinajstić information content (AvgIpc) is 3.60. The predicted molar refractivity (Wildman–Crippen MR) is 142 cm³/mol. The highest BCUT2D eigenvalue weighted by Gasteiger charge is 2.26. The third-order valence-electron chi connectivity index (χ3n) is 6.27. The van der Waals surface area contributed by atoms with Crippen LogP contribution in [-0.2, 0) is 22.5 Å². The molecule has 3 amide bonds. The van der Waals surface area contributed by atoms with Crippen molar-refractivity contribution in [2.45, 2.75) is 51.7 Å². The number of ether oxygens (including phenoxy) is 3. The van der Waals surface area contributed by atoms with Crippen molar-refractivity contribution < 1.29 is 23.8 Å². The maximum Gasteiger partial charge on any atom is 0.317 e. The average molecular weight is 518 g/mol. The molecule has 1 atom stereocenters. The van der Waals surface area contributed by atoms with E-state index in [-0.39, 0.29) is 24.6 Å². The van der Waals surface area contributed by atoms with Crippen LogP contribution in [0.4, 0.5) is 4.79 Å². The molecule has 1 saturated heterocycles. The molecule has 3 rings (SSSR count). The summed E-state index contributed by atoms with van der Waals surface area (Å²) in [6.45, 7) is 4.87. The van der Waals surface area contributed by atoms with Crippen molar-refractivity contribution in [1.82, 2.24) is 15.1 Å². The van der Waals surface area contributed by atoms with Gasteiger partial charge in [0, 0.05) is 31.1 Å². The number of benzene rings is 1. The van der Waals surface area contributed by atoms with Crippen molar-refractivity contribution in [2.24, 2.45) is 0 Å². The van der Waals surface area contributed by atoms with E-state index < -0.39 is 0 Å². The lowest BCUT2D eigenvalue weighted by Gasteiger charge is -2.29. The molecule has 0 radical (unpaired) electrons. The van der Waals surface area contributed by atoms with Gasteiger partial charge in [-0.05, 0) is 54.8 Å². The predicted octanol–water partition coefficient (Wildman–Crippen LogP) is 4.33. The lowest BCUT2D eigenvalue weighted by atomic mass is 10.1. The SMILES string of the molecule is CCCCNC(=O)N(CC(=O)N(CCc1ccc(OC)c(OC)c1)Cc1cccs1)CC1CCCO1. The smallest absolute Gasteiger partial charge is 0.317 e. The summed E-state index contributed by atoms with van der Waals surface area (Å²) in [6, 6.07) is 9.62. The Bertz CT molecular complexity index is 947. The van der Waals surface area contributed by atoms with Crippen molar-refractivity contribution in [3.05, 3.63) is 46.2 Å². The van der Waals surface area contributed by atoms with E-state index in [1.807, 2.05) is 40.6 Å². The van der Waals surface area contributed by atoms with Crippen LogP contribution < -0.4 is 14.8 Å². The molecule has 8 nitrogen and oxygen atoms in total. The van der Waals surface area contributed by atoms with E-state index in [0.29, 0.717) is 50.7 Å². The van der Waals surface area contributed by atoms with E-state index in [1.165, 1.54) is 0 Å². The number of nitrogens with one attached hydrogen (secondary N) is 1. The van der Waals surface area contributed by atoms with Crippen LogP contribution in [0, 0.1) is 0 Å². The largest absolute Gasteiger partial charge is 0.493 e. The molecule has 0 saturated carbocycles. The van der Waals surface area contributed by atoms with Gasteiger partial charge in [0.25, 0.3) is 0 Å². The monoisotopic (exact) mass is 517 g/mol. The third kappa shape index (κ3) is 8.41. The molecule has 1 aromatic heterocycles. The number of thiophene rings is 1. The minimum Gasteiger partial charge on any atom is -0.493 e. The molecule has 1 aliphatic rings. The summed E-state index contributed by atoms with van der Waals surface area (Å²) in [7, 11) is 3.22. The first kappa shape index (κ1) is 27.8. The summed E-state index contributed by atoms with van der Waals surface area (Å²) >= 11 is 1.62. The van der Waals surface area contributed by atoms with Crippen LogP contribution in [0.15, 0.2) is 35.7 Å². The summed E-state index contributed by atoms with van der Waals surface area (Å²) in [6.07, 6.45) is 4.43. The van der Waals surface area contributed by atoms with Crippen LogP contribution in [0.25, 0.3) is 0 Å². The first-order chi connectivity index (χ1) is 17.5. The fraction of sp³-hybridized carbons (Fsp3) is 0.556. The van der Waals surface area contributed by atoms with E-state index in [1.54, 1.807) is 30.5 Å². The minimum atomic E-state index is -0.205. The molecule has 1 aromatic carbocycles. The molecule has 0 spiro atoms. The lowest BCUT2D eigenvalue weighted by Crippen LogP contribution is -2.49. The van der Waals surface area contributed by atoms with Gasteiger partial charge in [0.1, 0.15) is 6.54 Å². The maximum absolute atomic E-state index is 13.6. The Labute approximate surface area is 218 Å². The van der Waals surface area contributed by atoms with Gasteiger partial charge in [-0.25, -0.2) is 4.79 Å². The molecule has 0 bridgehead atoms. The van der Waals surface area contributed by atoms with Crippen LogP contribution in [-0.4, -0.2) is 74.8 Å². The Morgan fingerprint density at radius 1 is 1.17 bits per heavy atom. The number of carbonyl (C=O) groups is 2. The van der Waals surface area contributed by atoms with Gasteiger partial charge in [0.2, 0.25) is 5.91 Å². The summed E-state index contributed by atoms with van der Waals surface area (Å²) in [5.41, 5.74) is 1.05. The molecule has 2 aromatic rings. The number of carbonyl (C=O) groups excluding carboxylic acids is 2. The zero-order chi connectivity index (χ0) is 25.8. The third-order valence-corrected chi connectivity index (χ3v) is 7.13. The fourth-order valence-corrected chi connectivity index (χ4v) is 4.90. The Morgan fingerprint density at radius 3 is 2.67 bits per heavy atom. The molecule has 1 N–H and O–H groups in total. The molecule has 1 unspecified atom stereocenters. The molecule has 1 aliphatic heterocycles. The number of methoxy groups -OCH3 is 2. The number of unbranched alkanes of at least 4 members (excludes halogenated alkanes) is 1. The second kappa shape index (κ2) is 14.7. The van der Waals surface area contributed by atoms with Crippen molar-refractivity contribution in [1.29, 1.82) is 0 Å². The van der Waals surface area contributed by atoms with Crippen molar-refractivity contribution in [2.75, 3.05) is 47.0 Å². The normalized spacial score (nSPS) is 14.9. The van der Waals surface area contributed by atoms with E-state index in [2.05, 4.69) is 12.2 Å². The standard InChI is InChI=1S/C27H39N3O5S/c1-4-5-13-28-27(32)30(18-22-8-6-15-35-22)20-26(31)29(19-23-9-7-16-36-23)14-12-21-10-11-24(33-2)25(17-21)34-3/h7,9-11,16-17,22H,4-6,8,12-15,18-20H2,1-3H3,(H,28,32). The highest BCUT2D eigenvalue weighted by molar-refractivity contribution is 7.09. The van der Waals surface area contributed by atoms with Crippen LogP contribution in [0.3, 0.4) is 0 Å². The summed E-state index contributed by atoms with van der Waals surface area (Å²) in [4.78, 5) is 31.1. The van der Waals surface area contributed by atoms with E-state index in [4.69, 9.17) is 14.2 Å². The van der Waals surface area contributed by atoms with Crippen molar-refractivity contribution in [3.8, 4) is 11.5 Å². The zero-order valence-electron chi connectivity index (χ0n) is 21.7. The van der Waals surface area contributed by atoms with E-state index >= 15 is 0 Å². The number of urea groups is 1. The fourth-order valence-electron chi connectivity index (χ4n) is 4.18. The molecule has 0 aliphatic carbocycles. The van der Waals surface area contributed by atoms with Gasteiger partial charge in [0.05, 0.1) is 26.9 Å². The number of nitrogens with zero attached hydrogens (tertiary/aromatic N) is 2. The van der Waals surface area contributed by atoms with Gasteiger partial charge in [-0.3, -0.25) is 4.79 Å². The Hall–Kier alpha value is -2.78. The van der Waals surface area contributed by atoms with Gasteiger partial charge < -0.3 is 29.3 Å². The minimum absolute atomic E-state index is 0.0211. The van der Waals surface area contributed by atoms with Crippen LogP contribution >= 0.6 is 11.3 Å². The molecule has 198 valence electrons. The molecule has 2 heterocycles. The second-order valence-corrected chi connectivity index (χ2v) is 9.97. The summed E-state index contributed by atoms with van der Waals surface area (Å²) < 4.78 is 16.5. The zero-order valence-corrected chi connectivity index (χ0v) is 22.5. The number of hydrogen-bond acceptors (Lipinski definition) is 6. The molecular formula is C27H39N3O5S. The van der Waals surface area contributed by atoms with Crippen LogP contribution in [0.1, 0.15) is 43.0 Å².